The fourth-order valence-corrected chi connectivity index (χ4v) is 3.90. The number of benzene rings is 1. The molecule has 3 rings (SSSR count). The minimum Gasteiger partial charge on any atom is -0.313 e. The molecule has 1 saturated carbocycles. The van der Waals surface area contributed by atoms with Crippen molar-refractivity contribution in [1.82, 2.24) is 5.32 Å². The molecule has 110 valence electrons. The van der Waals surface area contributed by atoms with Crippen molar-refractivity contribution in [3.8, 4) is 0 Å². The van der Waals surface area contributed by atoms with E-state index in [4.69, 9.17) is 0 Å². The summed E-state index contributed by atoms with van der Waals surface area (Å²) in [5, 5.41) is 3.54. The van der Waals surface area contributed by atoms with Gasteiger partial charge in [-0.15, -0.1) is 0 Å². The summed E-state index contributed by atoms with van der Waals surface area (Å²) in [5.41, 5.74) is 5.32. The molecule has 1 fully saturated rings. The molecule has 1 aromatic rings. The van der Waals surface area contributed by atoms with Crippen LogP contribution in [0, 0.1) is 5.92 Å². The van der Waals surface area contributed by atoms with Crippen LogP contribution in [-0.4, -0.2) is 7.05 Å². The Labute approximate surface area is 124 Å². The topological polar surface area (TPSA) is 12.0 Å². The van der Waals surface area contributed by atoms with Gasteiger partial charge in [0.25, 0.3) is 0 Å². The summed E-state index contributed by atoms with van der Waals surface area (Å²) < 4.78 is 0. The first kappa shape index (κ1) is 14.1. The Morgan fingerprint density at radius 3 is 2.15 bits per heavy atom. The van der Waals surface area contributed by atoms with Gasteiger partial charge < -0.3 is 5.32 Å². The second-order valence-corrected chi connectivity index (χ2v) is 8.18. The van der Waals surface area contributed by atoms with Gasteiger partial charge in [0.05, 0.1) is 0 Å². The van der Waals surface area contributed by atoms with Crippen LogP contribution in [0.2, 0.25) is 0 Å². The second kappa shape index (κ2) is 4.59. The molecule has 1 N–H and O–H groups in total. The average Bonchev–Trinajstić information content (AvgIpc) is 3.21. The summed E-state index contributed by atoms with van der Waals surface area (Å²) in [5.74, 6) is 0.859. The van der Waals surface area contributed by atoms with Gasteiger partial charge in [-0.2, -0.15) is 0 Å². The highest BCUT2D eigenvalue weighted by Gasteiger charge is 2.38. The quantitative estimate of drug-likeness (QED) is 0.839. The summed E-state index contributed by atoms with van der Waals surface area (Å²) in [7, 11) is 2.11. The third-order valence-corrected chi connectivity index (χ3v) is 5.64. The van der Waals surface area contributed by atoms with Crippen LogP contribution in [0.3, 0.4) is 0 Å². The van der Waals surface area contributed by atoms with Crippen molar-refractivity contribution in [3.63, 3.8) is 0 Å². The van der Waals surface area contributed by atoms with Gasteiger partial charge in [-0.05, 0) is 66.2 Å². The Morgan fingerprint density at radius 2 is 1.60 bits per heavy atom. The molecule has 0 saturated heterocycles. The molecule has 0 heterocycles. The van der Waals surface area contributed by atoms with Gasteiger partial charge in [-0.25, -0.2) is 0 Å². The van der Waals surface area contributed by atoms with Crippen LogP contribution in [0.4, 0.5) is 0 Å². The Bertz CT molecular complexity index is 508. The fraction of sp³-hybridized carbons (Fsp3) is 0.684. The van der Waals surface area contributed by atoms with E-state index in [1.807, 2.05) is 0 Å². The Kier molecular flexibility index (Phi) is 3.25. The summed E-state index contributed by atoms with van der Waals surface area (Å²) in [6.07, 6.45) is 5.36. The molecule has 2 aliphatic carbocycles. The van der Waals surface area contributed by atoms with Gasteiger partial charge >= 0.3 is 0 Å². The summed E-state index contributed by atoms with van der Waals surface area (Å²) in [4.78, 5) is 0. The Morgan fingerprint density at radius 1 is 1.00 bits per heavy atom. The lowest BCUT2D eigenvalue weighted by Gasteiger charge is -2.42. The summed E-state index contributed by atoms with van der Waals surface area (Å²) >= 11 is 0. The van der Waals surface area contributed by atoms with Crippen LogP contribution in [0.1, 0.15) is 76.1 Å². The average molecular weight is 271 g/mol. The molecule has 0 radical (unpaired) electrons. The highest BCUT2D eigenvalue weighted by molar-refractivity contribution is 5.44. The smallest absolute Gasteiger partial charge is 0.0346 e. The first-order valence-electron chi connectivity index (χ1n) is 8.17. The van der Waals surface area contributed by atoms with E-state index in [2.05, 4.69) is 58.3 Å². The van der Waals surface area contributed by atoms with Gasteiger partial charge in [0, 0.05) is 6.04 Å². The third kappa shape index (κ3) is 2.30. The van der Waals surface area contributed by atoms with E-state index in [0.717, 1.165) is 5.92 Å². The maximum atomic E-state index is 3.54. The molecule has 1 unspecified atom stereocenters. The van der Waals surface area contributed by atoms with Crippen molar-refractivity contribution in [2.45, 2.75) is 70.3 Å². The van der Waals surface area contributed by atoms with Crippen molar-refractivity contribution in [1.29, 1.82) is 0 Å². The summed E-state index contributed by atoms with van der Waals surface area (Å²) in [6.45, 7) is 9.63. The molecular weight excluding hydrogens is 242 g/mol. The van der Waals surface area contributed by atoms with E-state index in [1.165, 1.54) is 31.2 Å². The second-order valence-electron chi connectivity index (χ2n) is 8.18. The first-order valence-corrected chi connectivity index (χ1v) is 8.17. The van der Waals surface area contributed by atoms with E-state index < -0.39 is 0 Å². The van der Waals surface area contributed by atoms with Crippen LogP contribution in [0.5, 0.6) is 0 Å². The normalized spacial score (nSPS) is 25.1. The zero-order valence-corrected chi connectivity index (χ0v) is 13.7. The minimum atomic E-state index is 0.322. The van der Waals surface area contributed by atoms with Gasteiger partial charge in [0.15, 0.2) is 0 Å². The SMILES string of the molecule is CNC(c1ccc2c(c1)C(C)(C)CCC2(C)C)C1CC1. The van der Waals surface area contributed by atoms with E-state index in [9.17, 15) is 0 Å². The number of hydrogen-bond acceptors (Lipinski definition) is 1. The monoisotopic (exact) mass is 271 g/mol. The van der Waals surface area contributed by atoms with Crippen LogP contribution in [0.15, 0.2) is 18.2 Å². The largest absolute Gasteiger partial charge is 0.313 e. The number of nitrogens with one attached hydrogen (secondary N) is 1. The van der Waals surface area contributed by atoms with Crippen molar-refractivity contribution < 1.29 is 0 Å². The lowest BCUT2D eigenvalue weighted by Crippen LogP contribution is -2.34. The van der Waals surface area contributed by atoms with Crippen molar-refractivity contribution in [2.75, 3.05) is 7.05 Å². The molecule has 1 nitrogen and oxygen atoms in total. The molecule has 0 amide bonds. The molecule has 0 spiro atoms. The molecular formula is C19H29N. The van der Waals surface area contributed by atoms with Crippen molar-refractivity contribution in [3.05, 3.63) is 34.9 Å². The first-order chi connectivity index (χ1) is 9.35. The maximum absolute atomic E-state index is 3.54. The molecule has 0 bridgehead atoms. The fourth-order valence-electron chi connectivity index (χ4n) is 3.90. The van der Waals surface area contributed by atoms with E-state index in [0.29, 0.717) is 16.9 Å². The number of rotatable bonds is 3. The Hall–Kier alpha value is -0.820. The lowest BCUT2D eigenvalue weighted by atomic mass is 9.63. The molecule has 1 heteroatoms. The minimum absolute atomic E-state index is 0.322. The van der Waals surface area contributed by atoms with Crippen molar-refractivity contribution >= 4 is 0 Å². The zero-order valence-electron chi connectivity index (χ0n) is 13.7. The highest BCUT2D eigenvalue weighted by atomic mass is 14.9. The van der Waals surface area contributed by atoms with Gasteiger partial charge in [-0.1, -0.05) is 45.9 Å². The molecule has 1 atom stereocenters. The van der Waals surface area contributed by atoms with Gasteiger partial charge in [0.1, 0.15) is 0 Å². The van der Waals surface area contributed by atoms with Crippen LogP contribution in [-0.2, 0) is 10.8 Å². The van der Waals surface area contributed by atoms with Crippen LogP contribution < -0.4 is 5.32 Å². The van der Waals surface area contributed by atoms with E-state index in [1.54, 1.807) is 11.1 Å². The van der Waals surface area contributed by atoms with E-state index >= 15 is 0 Å². The molecule has 0 aromatic heterocycles. The standard InChI is InChI=1S/C19H29N/c1-18(2)10-11-19(3,4)16-12-14(8-9-15(16)18)17(20-5)13-6-7-13/h8-9,12-13,17,20H,6-7,10-11H2,1-5H3. The highest BCUT2D eigenvalue weighted by Crippen LogP contribution is 2.48. The Balaban J connectivity index is 2.06. The third-order valence-electron chi connectivity index (χ3n) is 5.64. The predicted molar refractivity (Wildman–Crippen MR) is 86.3 cm³/mol. The maximum Gasteiger partial charge on any atom is 0.0346 e. The molecule has 20 heavy (non-hydrogen) atoms. The zero-order chi connectivity index (χ0) is 14.5. The van der Waals surface area contributed by atoms with E-state index in [-0.39, 0.29) is 0 Å². The van der Waals surface area contributed by atoms with Crippen LogP contribution in [0.25, 0.3) is 0 Å². The number of hydrogen-bond donors (Lipinski definition) is 1. The molecule has 2 aliphatic rings. The number of fused-ring (bicyclic) bond motifs is 1. The van der Waals surface area contributed by atoms with Crippen molar-refractivity contribution in [2.24, 2.45) is 5.92 Å². The summed E-state index contributed by atoms with van der Waals surface area (Å²) in [6, 6.07) is 7.86. The molecule has 1 aromatic carbocycles. The van der Waals surface area contributed by atoms with Gasteiger partial charge in [0.2, 0.25) is 0 Å². The van der Waals surface area contributed by atoms with Gasteiger partial charge in [-0.3, -0.25) is 0 Å². The van der Waals surface area contributed by atoms with Crippen LogP contribution >= 0.6 is 0 Å². The predicted octanol–water partition coefficient (Wildman–Crippen LogP) is 4.71. The molecule has 0 aliphatic heterocycles. The lowest BCUT2D eigenvalue weighted by molar-refractivity contribution is 0.331.